The second-order valence-electron chi connectivity index (χ2n) is 5.20. The van der Waals surface area contributed by atoms with E-state index < -0.39 is 5.97 Å². The van der Waals surface area contributed by atoms with Gasteiger partial charge < -0.3 is 5.11 Å². The Morgan fingerprint density at radius 2 is 1.26 bits per heavy atom. The van der Waals surface area contributed by atoms with Crippen LogP contribution in [0.1, 0.15) is 20.7 Å². The molecule has 3 nitrogen and oxygen atoms in total. The number of carboxylic acid groups (broad SMARTS) is 1. The highest BCUT2D eigenvalue weighted by molar-refractivity contribution is 5.89. The average Bonchev–Trinajstić information content (AvgIpc) is 2.62. The Morgan fingerprint density at radius 1 is 0.739 bits per heavy atom. The summed E-state index contributed by atoms with van der Waals surface area (Å²) in [6, 6.07) is 22.1. The molecule has 3 aromatic rings. The molecule has 0 heterocycles. The van der Waals surface area contributed by atoms with E-state index in [1.165, 1.54) is 0 Å². The Hall–Kier alpha value is -3.20. The first-order valence-corrected chi connectivity index (χ1v) is 7.17. The minimum atomic E-state index is -0.932. The van der Waals surface area contributed by atoms with Crippen LogP contribution < -0.4 is 0 Å². The number of carboxylic acids is 1. The molecule has 0 aliphatic heterocycles. The zero-order chi connectivity index (χ0) is 16.2. The zero-order valence-corrected chi connectivity index (χ0v) is 12.3. The van der Waals surface area contributed by atoms with Crippen LogP contribution in [-0.4, -0.2) is 17.4 Å². The molecule has 0 amide bonds. The highest BCUT2D eigenvalue weighted by atomic mass is 16.4. The van der Waals surface area contributed by atoms with Gasteiger partial charge in [0.2, 0.25) is 0 Å². The van der Waals surface area contributed by atoms with Crippen molar-refractivity contribution in [3.63, 3.8) is 0 Å². The summed E-state index contributed by atoms with van der Waals surface area (Å²) in [4.78, 5) is 21.7. The molecule has 0 saturated carbocycles. The number of carbonyl (C=O) groups is 2. The quantitative estimate of drug-likeness (QED) is 0.720. The second-order valence-corrected chi connectivity index (χ2v) is 5.20. The van der Waals surface area contributed by atoms with E-state index in [4.69, 9.17) is 5.11 Å². The van der Waals surface area contributed by atoms with Gasteiger partial charge in [-0.1, -0.05) is 60.7 Å². The molecule has 0 bridgehead atoms. The molecule has 0 aliphatic rings. The number of benzene rings is 3. The van der Waals surface area contributed by atoms with Gasteiger partial charge in [-0.2, -0.15) is 0 Å². The Kier molecular flexibility index (Phi) is 4.02. The lowest BCUT2D eigenvalue weighted by Crippen LogP contribution is -1.95. The minimum Gasteiger partial charge on any atom is -0.478 e. The Labute approximate surface area is 133 Å². The lowest BCUT2D eigenvalue weighted by Gasteiger charge is -2.06. The molecule has 0 aromatic heterocycles. The van der Waals surface area contributed by atoms with Gasteiger partial charge in [-0.15, -0.1) is 0 Å². The van der Waals surface area contributed by atoms with E-state index in [1.54, 1.807) is 30.3 Å². The van der Waals surface area contributed by atoms with E-state index in [0.29, 0.717) is 5.56 Å². The first-order valence-electron chi connectivity index (χ1n) is 7.17. The minimum absolute atomic E-state index is 0.274. The molecule has 112 valence electrons. The van der Waals surface area contributed by atoms with Crippen molar-refractivity contribution in [2.24, 2.45) is 0 Å². The van der Waals surface area contributed by atoms with Gasteiger partial charge in [-0.3, -0.25) is 4.79 Å². The van der Waals surface area contributed by atoms with Crippen LogP contribution in [0.4, 0.5) is 0 Å². The van der Waals surface area contributed by atoms with Crippen molar-refractivity contribution in [3.05, 3.63) is 83.9 Å². The molecular formula is C20H14O3. The molecule has 0 radical (unpaired) electrons. The molecule has 1 N–H and O–H groups in total. The van der Waals surface area contributed by atoms with Gasteiger partial charge in [0.1, 0.15) is 6.29 Å². The predicted octanol–water partition coefficient (Wildman–Crippen LogP) is 4.53. The maximum absolute atomic E-state index is 11.1. The van der Waals surface area contributed by atoms with Crippen LogP contribution in [0.15, 0.2) is 72.8 Å². The SMILES string of the molecule is O=Cc1ccc(-c2ccc(-c3cccc(C(=O)O)c3)cc2)cc1. The third-order valence-electron chi connectivity index (χ3n) is 3.71. The number of hydrogen-bond acceptors (Lipinski definition) is 2. The Morgan fingerprint density at radius 3 is 1.78 bits per heavy atom. The fourth-order valence-corrected chi connectivity index (χ4v) is 2.44. The van der Waals surface area contributed by atoms with Crippen molar-refractivity contribution in [3.8, 4) is 22.3 Å². The van der Waals surface area contributed by atoms with E-state index in [9.17, 15) is 9.59 Å². The molecule has 0 fully saturated rings. The molecule has 0 saturated heterocycles. The largest absolute Gasteiger partial charge is 0.478 e. The third kappa shape index (κ3) is 3.19. The molecule has 0 atom stereocenters. The smallest absolute Gasteiger partial charge is 0.335 e. The maximum Gasteiger partial charge on any atom is 0.335 e. The molecule has 0 unspecified atom stereocenters. The van der Waals surface area contributed by atoms with Gasteiger partial charge >= 0.3 is 5.97 Å². The van der Waals surface area contributed by atoms with Gasteiger partial charge in [-0.25, -0.2) is 4.79 Å². The van der Waals surface area contributed by atoms with E-state index in [2.05, 4.69) is 0 Å². The molecule has 3 heteroatoms. The van der Waals surface area contributed by atoms with Crippen LogP contribution in [0.5, 0.6) is 0 Å². The predicted molar refractivity (Wildman–Crippen MR) is 89.7 cm³/mol. The van der Waals surface area contributed by atoms with E-state index in [0.717, 1.165) is 28.5 Å². The summed E-state index contributed by atoms with van der Waals surface area (Å²) in [6.07, 6.45) is 0.822. The van der Waals surface area contributed by atoms with Crippen molar-refractivity contribution in [2.45, 2.75) is 0 Å². The summed E-state index contributed by atoms with van der Waals surface area (Å²) in [5.41, 5.74) is 4.82. The summed E-state index contributed by atoms with van der Waals surface area (Å²) in [6.45, 7) is 0. The summed E-state index contributed by atoms with van der Waals surface area (Å²) in [5.74, 6) is -0.932. The van der Waals surface area contributed by atoms with Crippen LogP contribution >= 0.6 is 0 Å². The number of aldehydes is 1. The molecule has 23 heavy (non-hydrogen) atoms. The standard InChI is InChI=1S/C20H14O3/c21-13-14-4-6-15(7-5-14)16-8-10-17(11-9-16)18-2-1-3-19(12-18)20(22)23/h1-13H,(H,22,23). The summed E-state index contributed by atoms with van der Waals surface area (Å²) < 4.78 is 0. The molecule has 3 rings (SSSR count). The molecule has 0 spiro atoms. The van der Waals surface area contributed by atoms with Crippen LogP contribution in [0.3, 0.4) is 0 Å². The van der Waals surface area contributed by atoms with Gasteiger partial charge in [-0.05, 0) is 34.4 Å². The van der Waals surface area contributed by atoms with Crippen LogP contribution in [0.2, 0.25) is 0 Å². The first-order chi connectivity index (χ1) is 11.2. The Balaban J connectivity index is 1.90. The number of rotatable bonds is 4. The zero-order valence-electron chi connectivity index (χ0n) is 12.3. The van der Waals surface area contributed by atoms with E-state index in [-0.39, 0.29) is 5.56 Å². The van der Waals surface area contributed by atoms with Gasteiger partial charge in [0.05, 0.1) is 5.56 Å². The van der Waals surface area contributed by atoms with Gasteiger partial charge in [0.25, 0.3) is 0 Å². The highest BCUT2D eigenvalue weighted by Crippen LogP contribution is 2.25. The van der Waals surface area contributed by atoms with Crippen molar-refractivity contribution in [1.29, 1.82) is 0 Å². The molecule has 3 aromatic carbocycles. The lowest BCUT2D eigenvalue weighted by atomic mass is 9.99. The second kappa shape index (κ2) is 6.28. The van der Waals surface area contributed by atoms with E-state index >= 15 is 0 Å². The number of aromatic carboxylic acids is 1. The highest BCUT2D eigenvalue weighted by Gasteiger charge is 2.05. The lowest BCUT2D eigenvalue weighted by molar-refractivity contribution is 0.0696. The topological polar surface area (TPSA) is 54.4 Å². The normalized spacial score (nSPS) is 10.3. The molecule has 0 aliphatic carbocycles. The monoisotopic (exact) mass is 302 g/mol. The van der Waals surface area contributed by atoms with Crippen LogP contribution in [0, 0.1) is 0 Å². The average molecular weight is 302 g/mol. The summed E-state index contributed by atoms with van der Waals surface area (Å²) in [5, 5.41) is 9.07. The van der Waals surface area contributed by atoms with Crippen molar-refractivity contribution >= 4 is 12.3 Å². The first kappa shape index (κ1) is 14.7. The molecular weight excluding hydrogens is 288 g/mol. The van der Waals surface area contributed by atoms with Gasteiger partial charge in [0, 0.05) is 5.56 Å². The van der Waals surface area contributed by atoms with Crippen molar-refractivity contribution in [2.75, 3.05) is 0 Å². The van der Waals surface area contributed by atoms with Gasteiger partial charge in [0.15, 0.2) is 0 Å². The third-order valence-corrected chi connectivity index (χ3v) is 3.71. The fraction of sp³-hybridized carbons (Fsp3) is 0. The van der Waals surface area contributed by atoms with Crippen molar-refractivity contribution < 1.29 is 14.7 Å². The number of hydrogen-bond donors (Lipinski definition) is 1. The fourth-order valence-electron chi connectivity index (χ4n) is 2.44. The number of carbonyl (C=O) groups excluding carboxylic acids is 1. The summed E-state index contributed by atoms with van der Waals surface area (Å²) >= 11 is 0. The maximum atomic E-state index is 11.1. The summed E-state index contributed by atoms with van der Waals surface area (Å²) in [7, 11) is 0. The van der Waals surface area contributed by atoms with Crippen LogP contribution in [0.25, 0.3) is 22.3 Å². The van der Waals surface area contributed by atoms with Crippen LogP contribution in [-0.2, 0) is 0 Å². The van der Waals surface area contributed by atoms with Crippen molar-refractivity contribution in [1.82, 2.24) is 0 Å². The Bertz CT molecular complexity index is 847. The van der Waals surface area contributed by atoms with E-state index in [1.807, 2.05) is 42.5 Å².